The first-order valence-electron chi connectivity index (χ1n) is 8.92. The van der Waals surface area contributed by atoms with E-state index in [1.807, 2.05) is 19.1 Å². The molecule has 10 heteroatoms. The fraction of sp³-hybridized carbons (Fsp3) is 0.389. The fourth-order valence-corrected chi connectivity index (χ4v) is 3.44. The van der Waals surface area contributed by atoms with Gasteiger partial charge in [0.2, 0.25) is 0 Å². The molecule has 150 valence electrons. The predicted molar refractivity (Wildman–Crippen MR) is 117 cm³/mol. The van der Waals surface area contributed by atoms with Crippen molar-refractivity contribution < 1.29 is 4.74 Å². The van der Waals surface area contributed by atoms with Gasteiger partial charge in [-0.05, 0) is 37.3 Å². The van der Waals surface area contributed by atoms with Gasteiger partial charge in [-0.15, -0.1) is 0 Å². The minimum Gasteiger partial charge on any atom is -0.379 e. The van der Waals surface area contributed by atoms with Crippen molar-refractivity contribution in [2.45, 2.75) is 6.92 Å². The monoisotopic (exact) mass is 440 g/mol. The number of thiocarbonyl (C=S) groups is 1. The van der Waals surface area contributed by atoms with E-state index in [0.29, 0.717) is 20.9 Å². The molecule has 7 nitrogen and oxygen atoms in total. The van der Waals surface area contributed by atoms with Crippen LogP contribution in [0.5, 0.6) is 0 Å². The lowest BCUT2D eigenvalue weighted by Crippen LogP contribution is -2.42. The number of halogens is 2. The van der Waals surface area contributed by atoms with Gasteiger partial charge in [0.15, 0.2) is 5.11 Å². The van der Waals surface area contributed by atoms with Crippen LogP contribution in [0.1, 0.15) is 11.3 Å². The van der Waals surface area contributed by atoms with Crippen molar-refractivity contribution in [3.05, 3.63) is 45.7 Å². The lowest BCUT2D eigenvalue weighted by atomic mass is 10.3. The first-order valence-corrected chi connectivity index (χ1v) is 10.1. The van der Waals surface area contributed by atoms with E-state index >= 15 is 0 Å². The molecule has 0 radical (unpaired) electrons. The normalized spacial score (nSPS) is 15.1. The molecule has 0 amide bonds. The van der Waals surface area contributed by atoms with Crippen molar-refractivity contribution in [3.8, 4) is 5.69 Å². The van der Waals surface area contributed by atoms with Crippen LogP contribution in [0, 0.1) is 6.92 Å². The summed E-state index contributed by atoms with van der Waals surface area (Å²) in [6, 6.07) is 7.33. The maximum atomic E-state index is 6.48. The van der Waals surface area contributed by atoms with Gasteiger partial charge in [0.05, 0.1) is 36.4 Å². The zero-order valence-corrected chi connectivity index (χ0v) is 17.8. The summed E-state index contributed by atoms with van der Waals surface area (Å²) >= 11 is 17.8. The summed E-state index contributed by atoms with van der Waals surface area (Å²) in [6.07, 6.45) is 1.61. The van der Waals surface area contributed by atoms with E-state index < -0.39 is 0 Å². The Balaban J connectivity index is 1.53. The highest BCUT2D eigenvalue weighted by molar-refractivity contribution is 7.80. The van der Waals surface area contributed by atoms with Crippen LogP contribution >= 0.6 is 35.4 Å². The SMILES string of the molecule is Cc1nn(-c2cccc(Cl)c2)c(Cl)c1/C=N/NC(=S)NCCN1CCOCC1. The molecule has 3 rings (SSSR count). The quantitative estimate of drug-likeness (QED) is 0.408. The molecule has 1 aromatic carbocycles. The van der Waals surface area contributed by atoms with E-state index in [2.05, 4.69) is 25.8 Å². The summed E-state index contributed by atoms with van der Waals surface area (Å²) in [5, 5.41) is 13.3. The van der Waals surface area contributed by atoms with Crippen LogP contribution in [0.3, 0.4) is 0 Å². The highest BCUT2D eigenvalue weighted by Gasteiger charge is 2.13. The number of nitrogens with zero attached hydrogens (tertiary/aromatic N) is 4. The number of ether oxygens (including phenoxy) is 1. The Morgan fingerprint density at radius 2 is 2.14 bits per heavy atom. The molecule has 1 aliphatic rings. The van der Waals surface area contributed by atoms with Crippen LogP contribution in [0.15, 0.2) is 29.4 Å². The molecule has 0 bridgehead atoms. The number of nitrogens with one attached hydrogen (secondary N) is 2. The molecule has 0 atom stereocenters. The molecule has 1 aliphatic heterocycles. The van der Waals surface area contributed by atoms with Crippen molar-refractivity contribution in [3.63, 3.8) is 0 Å². The first kappa shape index (κ1) is 21.0. The van der Waals surface area contributed by atoms with Gasteiger partial charge >= 0.3 is 0 Å². The van der Waals surface area contributed by atoms with Gasteiger partial charge < -0.3 is 10.1 Å². The number of rotatable bonds is 6. The number of aryl methyl sites for hydroxylation is 1. The summed E-state index contributed by atoms with van der Waals surface area (Å²) in [5.41, 5.74) is 5.06. The van der Waals surface area contributed by atoms with Crippen LogP contribution in [0.4, 0.5) is 0 Å². The van der Waals surface area contributed by atoms with Crippen molar-refractivity contribution in [1.82, 2.24) is 25.4 Å². The topological polar surface area (TPSA) is 66.7 Å². The maximum absolute atomic E-state index is 6.48. The molecule has 0 aliphatic carbocycles. The molecule has 0 spiro atoms. The van der Waals surface area contributed by atoms with Crippen molar-refractivity contribution in [2.24, 2.45) is 5.10 Å². The molecule has 2 heterocycles. The minimum atomic E-state index is 0.455. The van der Waals surface area contributed by atoms with Gasteiger partial charge in [-0.1, -0.05) is 29.3 Å². The number of hydrazone groups is 1. The fourth-order valence-electron chi connectivity index (χ4n) is 2.78. The molecular formula is C18H22Cl2N6OS. The summed E-state index contributed by atoms with van der Waals surface area (Å²) in [7, 11) is 0. The van der Waals surface area contributed by atoms with Gasteiger partial charge in [0.1, 0.15) is 5.15 Å². The highest BCUT2D eigenvalue weighted by Crippen LogP contribution is 2.23. The zero-order chi connectivity index (χ0) is 19.9. The van der Waals surface area contributed by atoms with Crippen molar-refractivity contribution >= 4 is 46.7 Å². The third-order valence-corrected chi connectivity index (χ3v) is 5.11. The van der Waals surface area contributed by atoms with E-state index in [4.69, 9.17) is 40.2 Å². The lowest BCUT2D eigenvalue weighted by molar-refractivity contribution is 0.0389. The van der Waals surface area contributed by atoms with E-state index in [1.165, 1.54) is 0 Å². The van der Waals surface area contributed by atoms with Crippen LogP contribution in [0.2, 0.25) is 10.2 Å². The molecule has 0 unspecified atom stereocenters. The van der Waals surface area contributed by atoms with Gasteiger partial charge in [-0.3, -0.25) is 10.3 Å². The standard InChI is InChI=1S/C18H22Cl2N6OS/c1-13-16(17(20)26(24-13)15-4-2-3-14(19)11-15)12-22-23-18(28)21-5-6-25-7-9-27-10-8-25/h2-4,11-12H,5-10H2,1H3,(H2,21,23,28)/b22-12+. The van der Waals surface area contributed by atoms with Crippen molar-refractivity contribution in [2.75, 3.05) is 39.4 Å². The second kappa shape index (κ2) is 10.2. The molecular weight excluding hydrogens is 419 g/mol. The third kappa shape index (κ3) is 5.65. The zero-order valence-electron chi connectivity index (χ0n) is 15.5. The van der Waals surface area contributed by atoms with Gasteiger partial charge in [-0.2, -0.15) is 10.2 Å². The number of hydrogen-bond donors (Lipinski definition) is 2. The van der Waals surface area contributed by atoms with Crippen LogP contribution in [-0.4, -0.2) is 65.4 Å². The van der Waals surface area contributed by atoms with Gasteiger partial charge in [0, 0.05) is 31.2 Å². The van der Waals surface area contributed by atoms with Gasteiger partial charge in [0.25, 0.3) is 0 Å². The Bertz CT molecular complexity index is 851. The number of aromatic nitrogens is 2. The lowest BCUT2D eigenvalue weighted by Gasteiger charge is -2.26. The molecule has 28 heavy (non-hydrogen) atoms. The maximum Gasteiger partial charge on any atom is 0.187 e. The first-order chi connectivity index (χ1) is 13.5. The van der Waals surface area contributed by atoms with E-state index in [0.717, 1.165) is 50.8 Å². The predicted octanol–water partition coefficient (Wildman–Crippen LogP) is 2.62. The summed E-state index contributed by atoms with van der Waals surface area (Å²) in [4.78, 5) is 2.33. The highest BCUT2D eigenvalue weighted by atomic mass is 35.5. The van der Waals surface area contributed by atoms with Gasteiger partial charge in [-0.25, -0.2) is 4.68 Å². The molecule has 0 saturated carbocycles. The Morgan fingerprint density at radius 1 is 1.36 bits per heavy atom. The summed E-state index contributed by atoms with van der Waals surface area (Å²) in [5.74, 6) is 0. The van der Waals surface area contributed by atoms with E-state index in [1.54, 1.807) is 23.0 Å². The van der Waals surface area contributed by atoms with Crippen LogP contribution < -0.4 is 10.7 Å². The Kier molecular flexibility index (Phi) is 7.64. The smallest absolute Gasteiger partial charge is 0.187 e. The van der Waals surface area contributed by atoms with Crippen LogP contribution in [-0.2, 0) is 4.74 Å². The second-order valence-corrected chi connectivity index (χ2v) is 7.46. The summed E-state index contributed by atoms with van der Waals surface area (Å²) < 4.78 is 6.96. The van der Waals surface area contributed by atoms with Crippen molar-refractivity contribution in [1.29, 1.82) is 0 Å². The average Bonchev–Trinajstić information content (AvgIpc) is 2.97. The average molecular weight is 441 g/mol. The number of benzene rings is 1. The Morgan fingerprint density at radius 3 is 2.89 bits per heavy atom. The Hall–Kier alpha value is -1.71. The number of morpholine rings is 1. The largest absolute Gasteiger partial charge is 0.379 e. The molecule has 1 saturated heterocycles. The Labute approximate surface area is 179 Å². The minimum absolute atomic E-state index is 0.455. The molecule has 1 fully saturated rings. The second-order valence-electron chi connectivity index (χ2n) is 6.26. The molecule has 2 aromatic rings. The third-order valence-electron chi connectivity index (χ3n) is 4.28. The number of hydrogen-bond acceptors (Lipinski definition) is 5. The summed E-state index contributed by atoms with van der Waals surface area (Å²) in [6.45, 7) is 7.00. The van der Waals surface area contributed by atoms with E-state index in [-0.39, 0.29) is 0 Å². The molecule has 2 N–H and O–H groups in total. The van der Waals surface area contributed by atoms with Crippen LogP contribution in [0.25, 0.3) is 5.69 Å². The molecule has 1 aromatic heterocycles. The van der Waals surface area contributed by atoms with E-state index in [9.17, 15) is 0 Å².